The Bertz CT molecular complexity index is 1310. The molecule has 0 aliphatic carbocycles. The standard InChI is InChI=1S/C23H19N3O4S/c1-30-22-10-9-19(31(28,29)26-12-11-17-6-2-3-8-21(17)26)14-20(22)23(27)25-18-7-4-5-16(13-18)15-24/h2-10,13-14H,11-12H2,1H3,(H,25,27). The van der Waals surface area contributed by atoms with E-state index in [0.29, 0.717) is 29.9 Å². The lowest BCUT2D eigenvalue weighted by Crippen LogP contribution is -2.29. The van der Waals surface area contributed by atoms with Gasteiger partial charge in [-0.2, -0.15) is 5.26 Å². The summed E-state index contributed by atoms with van der Waals surface area (Å²) >= 11 is 0. The van der Waals surface area contributed by atoms with Gasteiger partial charge in [-0.05, 0) is 54.4 Å². The molecule has 1 heterocycles. The van der Waals surface area contributed by atoms with Gasteiger partial charge in [0.15, 0.2) is 0 Å². The first-order valence-electron chi connectivity index (χ1n) is 9.54. The lowest BCUT2D eigenvalue weighted by molar-refractivity contribution is 0.102. The average Bonchev–Trinajstić information content (AvgIpc) is 3.23. The number of carbonyl (C=O) groups is 1. The predicted octanol–water partition coefficient (Wildman–Crippen LogP) is 3.57. The summed E-state index contributed by atoms with van der Waals surface area (Å²) in [7, 11) is -2.45. The molecule has 0 radical (unpaired) electrons. The number of nitrogens with one attached hydrogen (secondary N) is 1. The molecule has 0 fully saturated rings. The first kappa shape index (κ1) is 20.4. The minimum Gasteiger partial charge on any atom is -0.496 e. The minimum atomic E-state index is -3.86. The van der Waals surface area contributed by atoms with E-state index < -0.39 is 15.9 Å². The number of rotatable bonds is 5. The van der Waals surface area contributed by atoms with Crippen molar-refractivity contribution >= 4 is 27.3 Å². The number of nitriles is 1. The van der Waals surface area contributed by atoms with Crippen molar-refractivity contribution in [3.05, 3.63) is 83.4 Å². The fraction of sp³-hybridized carbons (Fsp3) is 0.130. The first-order valence-corrected chi connectivity index (χ1v) is 11.0. The number of anilines is 2. The Morgan fingerprint density at radius 3 is 2.68 bits per heavy atom. The van der Waals surface area contributed by atoms with E-state index >= 15 is 0 Å². The van der Waals surface area contributed by atoms with E-state index in [1.54, 1.807) is 30.3 Å². The molecular weight excluding hydrogens is 414 g/mol. The molecule has 0 unspecified atom stereocenters. The highest BCUT2D eigenvalue weighted by Gasteiger charge is 2.31. The second-order valence-electron chi connectivity index (χ2n) is 6.96. The molecule has 7 nitrogen and oxygen atoms in total. The first-order chi connectivity index (χ1) is 14.9. The van der Waals surface area contributed by atoms with Gasteiger partial charge in [-0.15, -0.1) is 0 Å². The summed E-state index contributed by atoms with van der Waals surface area (Å²) in [6, 6.07) is 20.0. The highest BCUT2D eigenvalue weighted by atomic mass is 32.2. The molecule has 0 aromatic heterocycles. The molecule has 0 saturated heterocycles. The lowest BCUT2D eigenvalue weighted by atomic mass is 10.1. The number of sulfonamides is 1. The van der Waals surface area contributed by atoms with Crippen molar-refractivity contribution in [2.24, 2.45) is 0 Å². The molecular formula is C23H19N3O4S. The summed E-state index contributed by atoms with van der Waals surface area (Å²) in [4.78, 5) is 12.9. The SMILES string of the molecule is COc1ccc(S(=O)(=O)N2CCc3ccccc32)cc1C(=O)Nc1cccc(C#N)c1. The van der Waals surface area contributed by atoms with E-state index in [2.05, 4.69) is 5.32 Å². The maximum absolute atomic E-state index is 13.3. The molecule has 3 aromatic carbocycles. The van der Waals surface area contributed by atoms with Crippen LogP contribution in [0.15, 0.2) is 71.6 Å². The van der Waals surface area contributed by atoms with Gasteiger partial charge < -0.3 is 10.1 Å². The largest absolute Gasteiger partial charge is 0.496 e. The van der Waals surface area contributed by atoms with Crippen molar-refractivity contribution in [1.29, 1.82) is 5.26 Å². The number of para-hydroxylation sites is 1. The van der Waals surface area contributed by atoms with Crippen LogP contribution in [0.3, 0.4) is 0 Å². The smallest absolute Gasteiger partial charge is 0.264 e. The Hall–Kier alpha value is -3.83. The third-order valence-electron chi connectivity index (χ3n) is 5.10. The Labute approximate surface area is 180 Å². The molecule has 0 saturated carbocycles. The topological polar surface area (TPSA) is 99.5 Å². The van der Waals surface area contributed by atoms with Crippen molar-refractivity contribution in [1.82, 2.24) is 0 Å². The second kappa shape index (κ2) is 8.13. The number of hydrogen-bond acceptors (Lipinski definition) is 5. The molecule has 0 atom stereocenters. The summed E-state index contributed by atoms with van der Waals surface area (Å²) in [5.74, 6) is -0.291. The second-order valence-corrected chi connectivity index (χ2v) is 8.83. The van der Waals surface area contributed by atoms with Gasteiger partial charge in [-0.3, -0.25) is 9.10 Å². The third-order valence-corrected chi connectivity index (χ3v) is 6.91. The number of methoxy groups -OCH3 is 1. The number of hydrogen-bond donors (Lipinski definition) is 1. The number of amides is 1. The third kappa shape index (κ3) is 3.83. The Balaban J connectivity index is 1.69. The summed E-state index contributed by atoms with van der Waals surface area (Å²) in [5, 5.41) is 11.7. The Morgan fingerprint density at radius 2 is 1.90 bits per heavy atom. The van der Waals surface area contributed by atoms with Gasteiger partial charge >= 0.3 is 0 Å². The van der Waals surface area contributed by atoms with Gasteiger partial charge in [-0.25, -0.2) is 8.42 Å². The van der Waals surface area contributed by atoms with Gasteiger partial charge in [0.1, 0.15) is 5.75 Å². The van der Waals surface area contributed by atoms with E-state index in [0.717, 1.165) is 5.56 Å². The molecule has 1 N–H and O–H groups in total. The Kier molecular flexibility index (Phi) is 5.36. The lowest BCUT2D eigenvalue weighted by Gasteiger charge is -2.20. The van der Waals surface area contributed by atoms with Crippen LogP contribution in [0.1, 0.15) is 21.5 Å². The summed E-state index contributed by atoms with van der Waals surface area (Å²) < 4.78 is 33.3. The molecule has 156 valence electrons. The van der Waals surface area contributed by atoms with Crippen LogP contribution in [-0.4, -0.2) is 28.0 Å². The van der Waals surface area contributed by atoms with E-state index in [9.17, 15) is 13.2 Å². The summed E-state index contributed by atoms with van der Waals surface area (Å²) in [5.41, 5.74) is 2.52. The summed E-state index contributed by atoms with van der Waals surface area (Å²) in [6.07, 6.45) is 0.633. The average molecular weight is 433 g/mol. The van der Waals surface area contributed by atoms with Crippen molar-refractivity contribution in [2.75, 3.05) is 23.3 Å². The number of ether oxygens (including phenoxy) is 1. The highest BCUT2D eigenvalue weighted by Crippen LogP contribution is 2.34. The fourth-order valence-electron chi connectivity index (χ4n) is 3.57. The Morgan fingerprint density at radius 1 is 1.10 bits per heavy atom. The van der Waals surface area contributed by atoms with Crippen LogP contribution in [-0.2, 0) is 16.4 Å². The monoisotopic (exact) mass is 433 g/mol. The molecule has 0 spiro atoms. The molecule has 3 aromatic rings. The van der Waals surface area contributed by atoms with Gasteiger partial charge in [0, 0.05) is 12.2 Å². The zero-order valence-electron chi connectivity index (χ0n) is 16.7. The zero-order chi connectivity index (χ0) is 22.0. The minimum absolute atomic E-state index is 0.000860. The molecule has 8 heteroatoms. The van der Waals surface area contributed by atoms with Gasteiger partial charge in [0.25, 0.3) is 15.9 Å². The normalized spacial score (nSPS) is 12.7. The van der Waals surface area contributed by atoms with Gasteiger partial charge in [-0.1, -0.05) is 24.3 Å². The molecule has 1 aliphatic heterocycles. The van der Waals surface area contributed by atoms with Crippen LogP contribution < -0.4 is 14.4 Å². The number of fused-ring (bicyclic) bond motifs is 1. The molecule has 4 rings (SSSR count). The fourth-order valence-corrected chi connectivity index (χ4v) is 5.10. The number of carbonyl (C=O) groups excluding carboxylic acids is 1. The van der Waals surface area contributed by atoms with E-state index in [1.165, 1.54) is 35.7 Å². The maximum Gasteiger partial charge on any atom is 0.264 e. The van der Waals surface area contributed by atoms with Gasteiger partial charge in [0.2, 0.25) is 0 Å². The molecule has 1 amide bonds. The summed E-state index contributed by atoms with van der Waals surface area (Å²) in [6.45, 7) is 0.343. The molecule has 31 heavy (non-hydrogen) atoms. The van der Waals surface area contributed by atoms with Crippen molar-refractivity contribution in [3.63, 3.8) is 0 Å². The van der Waals surface area contributed by atoms with Crippen LogP contribution in [0.5, 0.6) is 5.75 Å². The van der Waals surface area contributed by atoms with Crippen LogP contribution in [0, 0.1) is 11.3 Å². The van der Waals surface area contributed by atoms with Crippen LogP contribution in [0.25, 0.3) is 0 Å². The van der Waals surface area contributed by atoms with Crippen molar-refractivity contribution in [3.8, 4) is 11.8 Å². The molecule has 0 bridgehead atoms. The predicted molar refractivity (Wildman–Crippen MR) is 117 cm³/mol. The zero-order valence-corrected chi connectivity index (χ0v) is 17.5. The van der Waals surface area contributed by atoms with E-state index in [-0.39, 0.29) is 16.2 Å². The van der Waals surface area contributed by atoms with Crippen molar-refractivity contribution < 1.29 is 17.9 Å². The number of benzene rings is 3. The van der Waals surface area contributed by atoms with E-state index in [1.807, 2.05) is 18.2 Å². The van der Waals surface area contributed by atoms with Crippen molar-refractivity contribution in [2.45, 2.75) is 11.3 Å². The van der Waals surface area contributed by atoms with Crippen LogP contribution in [0.2, 0.25) is 0 Å². The van der Waals surface area contributed by atoms with Gasteiger partial charge in [0.05, 0.1) is 34.9 Å². The quantitative estimate of drug-likeness (QED) is 0.663. The maximum atomic E-state index is 13.3. The molecule has 1 aliphatic rings. The van der Waals surface area contributed by atoms with E-state index in [4.69, 9.17) is 10.00 Å². The van der Waals surface area contributed by atoms with Crippen LogP contribution in [0.4, 0.5) is 11.4 Å². The van der Waals surface area contributed by atoms with Crippen LogP contribution >= 0.6 is 0 Å². The number of nitrogens with zero attached hydrogens (tertiary/aromatic N) is 2. The highest BCUT2D eigenvalue weighted by molar-refractivity contribution is 7.92.